The number of furan rings is 1. The fourth-order valence-electron chi connectivity index (χ4n) is 1.82. The SMILES string of the molecule is COc1ccc2c(C(=O)N(C)C)c(C)oc2c1. The van der Waals surface area contributed by atoms with Crippen LogP contribution in [0.1, 0.15) is 16.1 Å². The van der Waals surface area contributed by atoms with Crippen LogP contribution in [0.2, 0.25) is 0 Å². The van der Waals surface area contributed by atoms with Crippen LogP contribution in [-0.4, -0.2) is 32.0 Å². The molecule has 0 radical (unpaired) electrons. The third kappa shape index (κ3) is 1.86. The first-order chi connectivity index (χ1) is 8.04. The first-order valence-corrected chi connectivity index (χ1v) is 5.33. The molecule has 2 aromatic rings. The molecule has 0 fully saturated rings. The van der Waals surface area contributed by atoms with Crippen LogP contribution in [0.4, 0.5) is 0 Å². The van der Waals surface area contributed by atoms with Crippen molar-refractivity contribution < 1.29 is 13.9 Å². The van der Waals surface area contributed by atoms with Crippen LogP contribution in [0.25, 0.3) is 11.0 Å². The van der Waals surface area contributed by atoms with E-state index in [1.807, 2.05) is 12.1 Å². The van der Waals surface area contributed by atoms with Crippen molar-refractivity contribution in [2.45, 2.75) is 6.92 Å². The Labute approximate surface area is 99.8 Å². The van der Waals surface area contributed by atoms with Gasteiger partial charge in [-0.25, -0.2) is 0 Å². The van der Waals surface area contributed by atoms with Gasteiger partial charge in [-0.2, -0.15) is 0 Å². The van der Waals surface area contributed by atoms with E-state index >= 15 is 0 Å². The lowest BCUT2D eigenvalue weighted by Crippen LogP contribution is -2.22. The molecule has 1 amide bonds. The summed E-state index contributed by atoms with van der Waals surface area (Å²) in [6.07, 6.45) is 0. The minimum Gasteiger partial charge on any atom is -0.497 e. The highest BCUT2D eigenvalue weighted by molar-refractivity contribution is 6.07. The molecule has 0 saturated carbocycles. The highest BCUT2D eigenvalue weighted by Gasteiger charge is 2.19. The molecule has 0 saturated heterocycles. The normalized spacial score (nSPS) is 10.6. The summed E-state index contributed by atoms with van der Waals surface area (Å²) in [5.41, 5.74) is 1.29. The number of hydrogen-bond acceptors (Lipinski definition) is 3. The van der Waals surface area contributed by atoms with E-state index in [4.69, 9.17) is 9.15 Å². The number of amides is 1. The van der Waals surface area contributed by atoms with Crippen LogP contribution in [0.3, 0.4) is 0 Å². The maximum Gasteiger partial charge on any atom is 0.257 e. The summed E-state index contributed by atoms with van der Waals surface area (Å²) >= 11 is 0. The molecule has 0 aliphatic rings. The fourth-order valence-corrected chi connectivity index (χ4v) is 1.82. The molecule has 0 N–H and O–H groups in total. The van der Waals surface area contributed by atoms with E-state index in [9.17, 15) is 4.79 Å². The molecule has 17 heavy (non-hydrogen) atoms. The van der Waals surface area contributed by atoms with E-state index < -0.39 is 0 Å². The van der Waals surface area contributed by atoms with Gasteiger partial charge in [0.15, 0.2) is 0 Å². The number of ether oxygens (including phenoxy) is 1. The van der Waals surface area contributed by atoms with Crippen molar-refractivity contribution in [3.63, 3.8) is 0 Å². The van der Waals surface area contributed by atoms with Crippen molar-refractivity contribution in [3.05, 3.63) is 29.5 Å². The third-order valence-electron chi connectivity index (χ3n) is 2.69. The van der Waals surface area contributed by atoms with Crippen molar-refractivity contribution in [1.82, 2.24) is 4.90 Å². The van der Waals surface area contributed by atoms with Gasteiger partial charge in [-0.15, -0.1) is 0 Å². The van der Waals surface area contributed by atoms with Gasteiger partial charge >= 0.3 is 0 Å². The van der Waals surface area contributed by atoms with Gasteiger partial charge in [0.2, 0.25) is 0 Å². The predicted molar refractivity (Wildman–Crippen MR) is 65.5 cm³/mol. The van der Waals surface area contributed by atoms with E-state index in [-0.39, 0.29) is 5.91 Å². The molecule has 1 aromatic heterocycles. The number of rotatable bonds is 2. The second-order valence-electron chi connectivity index (χ2n) is 4.09. The van der Waals surface area contributed by atoms with Crippen molar-refractivity contribution in [2.24, 2.45) is 0 Å². The second kappa shape index (κ2) is 4.13. The molecule has 1 aromatic carbocycles. The summed E-state index contributed by atoms with van der Waals surface area (Å²) in [6, 6.07) is 5.46. The zero-order chi connectivity index (χ0) is 12.6. The second-order valence-corrected chi connectivity index (χ2v) is 4.09. The minimum atomic E-state index is -0.0496. The average Bonchev–Trinajstić information content (AvgIpc) is 2.62. The molecule has 0 aliphatic carbocycles. The first kappa shape index (κ1) is 11.5. The summed E-state index contributed by atoms with van der Waals surface area (Å²) in [6.45, 7) is 1.79. The summed E-state index contributed by atoms with van der Waals surface area (Å²) in [4.78, 5) is 13.6. The Kier molecular flexibility index (Phi) is 2.79. The number of fused-ring (bicyclic) bond motifs is 1. The van der Waals surface area contributed by atoms with Gasteiger partial charge in [0, 0.05) is 25.5 Å². The number of nitrogens with zero attached hydrogens (tertiary/aromatic N) is 1. The molecule has 2 rings (SSSR count). The zero-order valence-electron chi connectivity index (χ0n) is 10.4. The minimum absolute atomic E-state index is 0.0496. The Hall–Kier alpha value is -1.97. The summed E-state index contributed by atoms with van der Waals surface area (Å²) in [7, 11) is 5.05. The number of carbonyl (C=O) groups excluding carboxylic acids is 1. The van der Waals surface area contributed by atoms with Gasteiger partial charge in [0.25, 0.3) is 5.91 Å². The Morgan fingerprint density at radius 1 is 1.35 bits per heavy atom. The van der Waals surface area contributed by atoms with Crippen LogP contribution in [0.5, 0.6) is 5.75 Å². The summed E-state index contributed by atoms with van der Waals surface area (Å²) in [5.74, 6) is 1.30. The maximum absolute atomic E-state index is 12.0. The van der Waals surface area contributed by atoms with Crippen molar-refractivity contribution >= 4 is 16.9 Å². The molecule has 4 nitrogen and oxygen atoms in total. The highest BCUT2D eigenvalue weighted by Crippen LogP contribution is 2.29. The quantitative estimate of drug-likeness (QED) is 0.800. The molecule has 0 atom stereocenters. The van der Waals surface area contributed by atoms with E-state index in [2.05, 4.69) is 0 Å². The molecule has 4 heteroatoms. The highest BCUT2D eigenvalue weighted by atomic mass is 16.5. The summed E-state index contributed by atoms with van der Waals surface area (Å²) in [5, 5.41) is 0.821. The van der Waals surface area contributed by atoms with Crippen LogP contribution >= 0.6 is 0 Å². The van der Waals surface area contributed by atoms with Gasteiger partial charge in [0.1, 0.15) is 17.1 Å². The van der Waals surface area contributed by atoms with Crippen LogP contribution in [-0.2, 0) is 0 Å². The third-order valence-corrected chi connectivity index (χ3v) is 2.69. The standard InChI is InChI=1S/C13H15NO3/c1-8-12(13(15)14(2)3)10-6-5-9(16-4)7-11(10)17-8/h5-7H,1-4H3. The smallest absolute Gasteiger partial charge is 0.257 e. The number of aryl methyl sites for hydroxylation is 1. The van der Waals surface area contributed by atoms with Gasteiger partial charge in [-0.05, 0) is 19.1 Å². The topological polar surface area (TPSA) is 42.7 Å². The molecule has 0 aliphatic heterocycles. The fraction of sp³-hybridized carbons (Fsp3) is 0.308. The van der Waals surface area contributed by atoms with E-state index in [0.717, 1.165) is 11.1 Å². The van der Waals surface area contributed by atoms with E-state index in [1.54, 1.807) is 39.1 Å². The monoisotopic (exact) mass is 233 g/mol. The Morgan fingerprint density at radius 2 is 2.06 bits per heavy atom. The van der Waals surface area contributed by atoms with Gasteiger partial charge in [-0.3, -0.25) is 4.79 Å². The molecular weight excluding hydrogens is 218 g/mol. The molecule has 90 valence electrons. The van der Waals surface area contributed by atoms with Gasteiger partial charge < -0.3 is 14.1 Å². The average molecular weight is 233 g/mol. The lowest BCUT2D eigenvalue weighted by Gasteiger charge is -2.09. The van der Waals surface area contributed by atoms with Gasteiger partial charge in [-0.1, -0.05) is 0 Å². The van der Waals surface area contributed by atoms with Crippen LogP contribution in [0.15, 0.2) is 22.6 Å². The largest absolute Gasteiger partial charge is 0.497 e. The predicted octanol–water partition coefficient (Wildman–Crippen LogP) is 2.45. The first-order valence-electron chi connectivity index (χ1n) is 5.33. The Bertz CT molecular complexity index is 569. The van der Waals surface area contributed by atoms with Crippen molar-refractivity contribution in [2.75, 3.05) is 21.2 Å². The Morgan fingerprint density at radius 3 is 2.65 bits per heavy atom. The molecule has 0 bridgehead atoms. The van der Waals surface area contributed by atoms with Crippen molar-refractivity contribution in [3.8, 4) is 5.75 Å². The summed E-state index contributed by atoms with van der Waals surface area (Å²) < 4.78 is 10.7. The number of carbonyl (C=O) groups is 1. The number of hydrogen-bond donors (Lipinski definition) is 0. The van der Waals surface area contributed by atoms with Gasteiger partial charge in [0.05, 0.1) is 12.7 Å². The molecular formula is C13H15NO3. The number of benzene rings is 1. The Balaban J connectivity index is 2.64. The lowest BCUT2D eigenvalue weighted by molar-refractivity contribution is 0.0827. The maximum atomic E-state index is 12.0. The number of methoxy groups -OCH3 is 1. The van der Waals surface area contributed by atoms with E-state index in [1.165, 1.54) is 0 Å². The lowest BCUT2D eigenvalue weighted by atomic mass is 10.1. The van der Waals surface area contributed by atoms with E-state index in [0.29, 0.717) is 16.9 Å². The zero-order valence-corrected chi connectivity index (χ0v) is 10.4. The van der Waals surface area contributed by atoms with Crippen molar-refractivity contribution in [1.29, 1.82) is 0 Å². The van der Waals surface area contributed by atoms with Crippen LogP contribution in [0, 0.1) is 6.92 Å². The molecule has 1 heterocycles. The van der Waals surface area contributed by atoms with Crippen LogP contribution < -0.4 is 4.74 Å². The molecule has 0 unspecified atom stereocenters. The molecule has 0 spiro atoms.